The number of anilines is 1. The molecule has 24 heavy (non-hydrogen) atoms. The zero-order chi connectivity index (χ0) is 17.3. The third-order valence-corrected chi connectivity index (χ3v) is 4.47. The summed E-state index contributed by atoms with van der Waals surface area (Å²) in [6, 6.07) is 14.2. The normalized spacial score (nSPS) is 10.6. The first-order chi connectivity index (χ1) is 11.5. The summed E-state index contributed by atoms with van der Waals surface area (Å²) in [6.07, 6.45) is 0. The highest BCUT2D eigenvalue weighted by molar-refractivity contribution is 9.10. The molecular weight excluding hydrogens is 374 g/mol. The van der Waals surface area contributed by atoms with E-state index in [1.165, 1.54) is 7.11 Å². The van der Waals surface area contributed by atoms with Crippen molar-refractivity contribution in [2.75, 3.05) is 12.8 Å². The van der Waals surface area contributed by atoms with Crippen LogP contribution in [0.2, 0.25) is 0 Å². The van der Waals surface area contributed by atoms with Crippen LogP contribution in [-0.4, -0.2) is 18.2 Å². The molecule has 0 amide bonds. The van der Waals surface area contributed by atoms with Gasteiger partial charge >= 0.3 is 5.97 Å². The number of ether oxygens (including phenoxy) is 1. The van der Waals surface area contributed by atoms with Gasteiger partial charge in [-0.15, -0.1) is 0 Å². The lowest BCUT2D eigenvalue weighted by Gasteiger charge is -2.08. The van der Waals surface area contributed by atoms with Gasteiger partial charge in [0.05, 0.1) is 18.2 Å². The standard InChI is InChI=1S/C18H14BrNO4/c1-23-18(22)12-9-5-8-11(14(12)19)13-15(21)16(24-17(13)20)10-6-3-2-4-7-10/h2-9,21H,20H2,1H3. The number of furan rings is 1. The lowest BCUT2D eigenvalue weighted by Crippen LogP contribution is -2.03. The van der Waals surface area contributed by atoms with Crippen molar-refractivity contribution in [3.8, 4) is 28.2 Å². The molecular formula is C18H14BrNO4. The number of carbonyl (C=O) groups excluding carboxylic acids is 1. The zero-order valence-corrected chi connectivity index (χ0v) is 14.3. The fraction of sp³-hybridized carbons (Fsp3) is 0.0556. The topological polar surface area (TPSA) is 85.7 Å². The molecule has 0 unspecified atom stereocenters. The van der Waals surface area contributed by atoms with E-state index < -0.39 is 5.97 Å². The summed E-state index contributed by atoms with van der Waals surface area (Å²) in [4.78, 5) is 11.8. The molecule has 3 aromatic rings. The van der Waals surface area contributed by atoms with Gasteiger partial charge in [0.2, 0.25) is 5.88 Å². The number of nitrogens with two attached hydrogens (primary N) is 1. The maximum atomic E-state index is 11.8. The molecule has 0 bridgehead atoms. The Morgan fingerprint density at radius 3 is 2.54 bits per heavy atom. The highest BCUT2D eigenvalue weighted by Gasteiger charge is 2.24. The van der Waals surface area contributed by atoms with Crippen LogP contribution in [-0.2, 0) is 4.74 Å². The van der Waals surface area contributed by atoms with E-state index in [9.17, 15) is 9.90 Å². The Morgan fingerprint density at radius 1 is 1.17 bits per heavy atom. The molecule has 2 aromatic carbocycles. The Hall–Kier alpha value is -2.73. The number of rotatable bonds is 3. The fourth-order valence-electron chi connectivity index (χ4n) is 2.48. The molecule has 122 valence electrons. The van der Waals surface area contributed by atoms with Crippen LogP contribution in [0.25, 0.3) is 22.5 Å². The van der Waals surface area contributed by atoms with Gasteiger partial charge in [-0.3, -0.25) is 0 Å². The molecule has 0 saturated heterocycles. The quantitative estimate of drug-likeness (QED) is 0.648. The average molecular weight is 388 g/mol. The van der Waals surface area contributed by atoms with Gasteiger partial charge in [0.25, 0.3) is 0 Å². The van der Waals surface area contributed by atoms with E-state index in [-0.39, 0.29) is 17.4 Å². The van der Waals surface area contributed by atoms with Crippen molar-refractivity contribution in [1.29, 1.82) is 0 Å². The van der Waals surface area contributed by atoms with Crippen molar-refractivity contribution in [3.63, 3.8) is 0 Å². The third kappa shape index (κ3) is 2.65. The average Bonchev–Trinajstić information content (AvgIpc) is 2.90. The third-order valence-electron chi connectivity index (χ3n) is 3.62. The zero-order valence-electron chi connectivity index (χ0n) is 12.7. The van der Waals surface area contributed by atoms with Crippen LogP contribution < -0.4 is 5.73 Å². The van der Waals surface area contributed by atoms with Crippen LogP contribution in [0.4, 0.5) is 5.88 Å². The van der Waals surface area contributed by atoms with Crippen LogP contribution in [0.3, 0.4) is 0 Å². The van der Waals surface area contributed by atoms with E-state index in [0.29, 0.717) is 26.7 Å². The molecule has 6 heteroatoms. The van der Waals surface area contributed by atoms with Crippen molar-refractivity contribution >= 4 is 27.8 Å². The summed E-state index contributed by atoms with van der Waals surface area (Å²) in [5.74, 6) is -0.234. The van der Waals surface area contributed by atoms with Crippen LogP contribution in [0.5, 0.6) is 5.75 Å². The number of methoxy groups -OCH3 is 1. The minimum atomic E-state index is -0.492. The summed E-state index contributed by atoms with van der Waals surface area (Å²) in [7, 11) is 1.30. The summed E-state index contributed by atoms with van der Waals surface area (Å²) < 4.78 is 10.8. The number of esters is 1. The second-order valence-electron chi connectivity index (χ2n) is 5.04. The van der Waals surface area contributed by atoms with E-state index in [0.717, 1.165) is 0 Å². The largest absolute Gasteiger partial charge is 0.504 e. The van der Waals surface area contributed by atoms with Crippen molar-refractivity contribution in [1.82, 2.24) is 0 Å². The minimum Gasteiger partial charge on any atom is -0.504 e. The molecule has 0 atom stereocenters. The lowest BCUT2D eigenvalue weighted by molar-refractivity contribution is 0.0599. The predicted octanol–water partition coefficient (Wildman–Crippen LogP) is 4.45. The molecule has 1 heterocycles. The van der Waals surface area contributed by atoms with Gasteiger partial charge in [0, 0.05) is 15.6 Å². The lowest BCUT2D eigenvalue weighted by atomic mass is 10.0. The summed E-state index contributed by atoms with van der Waals surface area (Å²) >= 11 is 3.38. The molecule has 0 radical (unpaired) electrons. The van der Waals surface area contributed by atoms with Crippen molar-refractivity contribution in [2.45, 2.75) is 0 Å². The van der Waals surface area contributed by atoms with Crippen molar-refractivity contribution in [3.05, 3.63) is 58.6 Å². The van der Waals surface area contributed by atoms with Gasteiger partial charge in [0.1, 0.15) is 0 Å². The Balaban J connectivity index is 2.18. The highest BCUT2D eigenvalue weighted by Crippen LogP contribution is 2.47. The van der Waals surface area contributed by atoms with Crippen molar-refractivity contribution < 1.29 is 19.1 Å². The van der Waals surface area contributed by atoms with Crippen LogP contribution >= 0.6 is 15.9 Å². The van der Waals surface area contributed by atoms with Crippen LogP contribution in [0.1, 0.15) is 10.4 Å². The Bertz CT molecular complexity index is 903. The number of hydrogen-bond donors (Lipinski definition) is 2. The van der Waals surface area contributed by atoms with Gasteiger partial charge in [-0.25, -0.2) is 4.79 Å². The Kier molecular flexibility index (Phi) is 4.31. The van der Waals surface area contributed by atoms with Gasteiger partial charge in [-0.05, 0) is 22.0 Å². The number of hydrogen-bond acceptors (Lipinski definition) is 5. The monoisotopic (exact) mass is 387 g/mol. The maximum Gasteiger partial charge on any atom is 0.339 e. The summed E-state index contributed by atoms with van der Waals surface area (Å²) in [5.41, 5.74) is 7.87. The second kappa shape index (κ2) is 6.41. The summed E-state index contributed by atoms with van der Waals surface area (Å²) in [6.45, 7) is 0. The molecule has 0 fully saturated rings. The van der Waals surface area contributed by atoms with Gasteiger partial charge in [-0.1, -0.05) is 42.5 Å². The minimum absolute atomic E-state index is 0.0640. The molecule has 0 aliphatic heterocycles. The molecule has 0 spiro atoms. The molecule has 3 N–H and O–H groups in total. The van der Waals surface area contributed by atoms with Crippen molar-refractivity contribution in [2.24, 2.45) is 0 Å². The fourth-order valence-corrected chi connectivity index (χ4v) is 3.10. The predicted molar refractivity (Wildman–Crippen MR) is 94.7 cm³/mol. The van der Waals surface area contributed by atoms with Gasteiger partial charge < -0.3 is 20.0 Å². The number of nitrogen functional groups attached to an aromatic ring is 1. The highest BCUT2D eigenvalue weighted by atomic mass is 79.9. The van der Waals surface area contributed by atoms with E-state index in [4.69, 9.17) is 14.9 Å². The first kappa shape index (κ1) is 16.1. The molecule has 0 saturated carbocycles. The van der Waals surface area contributed by atoms with E-state index in [1.807, 2.05) is 30.3 Å². The SMILES string of the molecule is COC(=O)c1cccc(-c2c(N)oc(-c3ccccc3)c2O)c1Br. The maximum absolute atomic E-state index is 11.8. The second-order valence-corrected chi connectivity index (χ2v) is 5.84. The van der Waals surface area contributed by atoms with E-state index in [2.05, 4.69) is 15.9 Å². The van der Waals surface area contributed by atoms with E-state index in [1.54, 1.807) is 18.2 Å². The summed E-state index contributed by atoms with van der Waals surface area (Å²) in [5, 5.41) is 10.6. The Labute approximate surface area is 146 Å². The van der Waals surface area contributed by atoms with Gasteiger partial charge in [0.15, 0.2) is 11.5 Å². The smallest absolute Gasteiger partial charge is 0.339 e. The number of halogens is 1. The first-order valence-corrected chi connectivity index (χ1v) is 7.87. The molecule has 5 nitrogen and oxygen atoms in total. The number of carbonyl (C=O) groups is 1. The molecule has 3 rings (SSSR count). The van der Waals surface area contributed by atoms with Crippen LogP contribution in [0, 0.1) is 0 Å². The molecule has 0 aliphatic carbocycles. The number of aromatic hydroxyl groups is 1. The molecule has 1 aromatic heterocycles. The Morgan fingerprint density at radius 2 is 1.88 bits per heavy atom. The number of benzene rings is 2. The van der Waals surface area contributed by atoms with Crippen LogP contribution in [0.15, 0.2) is 57.4 Å². The van der Waals surface area contributed by atoms with Gasteiger partial charge in [-0.2, -0.15) is 0 Å². The molecule has 0 aliphatic rings. The first-order valence-electron chi connectivity index (χ1n) is 7.08. The van der Waals surface area contributed by atoms with E-state index >= 15 is 0 Å².